The van der Waals surface area contributed by atoms with Crippen molar-refractivity contribution in [2.24, 2.45) is 0 Å². The molecule has 0 atom stereocenters. The molecule has 1 fully saturated rings. The monoisotopic (exact) mass is 366 g/mol. The molecule has 0 unspecified atom stereocenters. The number of hydrogen-bond acceptors (Lipinski definition) is 4. The van der Waals surface area contributed by atoms with Crippen LogP contribution in [0, 0.1) is 6.92 Å². The SMILES string of the molecule is Cc1ccc(COc2ccccc2/C=C2/NC(=O)N(CC(=O)O)C2=O)cc1. The fourth-order valence-corrected chi connectivity index (χ4v) is 2.58. The summed E-state index contributed by atoms with van der Waals surface area (Å²) >= 11 is 0. The number of rotatable bonds is 6. The maximum absolute atomic E-state index is 12.2. The van der Waals surface area contributed by atoms with E-state index in [1.807, 2.05) is 31.2 Å². The van der Waals surface area contributed by atoms with Crippen LogP contribution in [0.1, 0.15) is 16.7 Å². The van der Waals surface area contributed by atoms with Crippen molar-refractivity contribution in [3.05, 3.63) is 70.9 Å². The molecule has 1 saturated heterocycles. The van der Waals surface area contributed by atoms with Gasteiger partial charge in [-0.15, -0.1) is 0 Å². The highest BCUT2D eigenvalue weighted by atomic mass is 16.5. The fraction of sp³-hybridized carbons (Fsp3) is 0.150. The van der Waals surface area contributed by atoms with Crippen molar-refractivity contribution in [1.29, 1.82) is 0 Å². The van der Waals surface area contributed by atoms with Crippen LogP contribution >= 0.6 is 0 Å². The number of aryl methyl sites for hydroxylation is 1. The number of imide groups is 1. The Morgan fingerprint density at radius 3 is 2.56 bits per heavy atom. The van der Waals surface area contributed by atoms with Crippen LogP contribution in [0.2, 0.25) is 0 Å². The summed E-state index contributed by atoms with van der Waals surface area (Å²) in [5, 5.41) is 11.2. The van der Waals surface area contributed by atoms with Crippen LogP contribution in [-0.4, -0.2) is 34.5 Å². The highest BCUT2D eigenvalue weighted by Crippen LogP contribution is 2.23. The molecule has 27 heavy (non-hydrogen) atoms. The summed E-state index contributed by atoms with van der Waals surface area (Å²) in [4.78, 5) is 35.5. The Balaban J connectivity index is 1.78. The Labute approximate surface area is 155 Å². The molecule has 0 saturated carbocycles. The number of carboxylic acids is 1. The largest absolute Gasteiger partial charge is 0.488 e. The van der Waals surface area contributed by atoms with Crippen LogP contribution in [0.25, 0.3) is 6.08 Å². The molecule has 0 bridgehead atoms. The molecule has 0 spiro atoms. The van der Waals surface area contributed by atoms with Gasteiger partial charge in [-0.05, 0) is 24.6 Å². The predicted molar refractivity (Wildman–Crippen MR) is 97.8 cm³/mol. The lowest BCUT2D eigenvalue weighted by atomic mass is 10.1. The second-order valence-electron chi connectivity index (χ2n) is 6.09. The van der Waals surface area contributed by atoms with Crippen LogP contribution in [0.3, 0.4) is 0 Å². The summed E-state index contributed by atoms with van der Waals surface area (Å²) in [5.41, 5.74) is 2.77. The third kappa shape index (κ3) is 4.33. The molecule has 2 N–H and O–H groups in total. The zero-order chi connectivity index (χ0) is 19.4. The van der Waals surface area contributed by atoms with Crippen LogP contribution in [0.5, 0.6) is 5.75 Å². The van der Waals surface area contributed by atoms with Gasteiger partial charge in [-0.2, -0.15) is 0 Å². The van der Waals surface area contributed by atoms with E-state index in [1.54, 1.807) is 24.3 Å². The van der Waals surface area contributed by atoms with Gasteiger partial charge in [0, 0.05) is 5.56 Å². The summed E-state index contributed by atoms with van der Waals surface area (Å²) in [6.45, 7) is 1.67. The van der Waals surface area contributed by atoms with Gasteiger partial charge in [-0.3, -0.25) is 9.59 Å². The van der Waals surface area contributed by atoms with E-state index in [0.717, 1.165) is 11.1 Å². The molecule has 2 aromatic carbocycles. The molecule has 7 nitrogen and oxygen atoms in total. The van der Waals surface area contributed by atoms with Gasteiger partial charge in [0.25, 0.3) is 5.91 Å². The van der Waals surface area contributed by atoms with Crippen molar-refractivity contribution in [1.82, 2.24) is 10.2 Å². The zero-order valence-corrected chi connectivity index (χ0v) is 14.6. The summed E-state index contributed by atoms with van der Waals surface area (Å²) in [7, 11) is 0. The van der Waals surface area contributed by atoms with Crippen LogP contribution in [-0.2, 0) is 16.2 Å². The quantitative estimate of drug-likeness (QED) is 0.605. The standard InChI is InChI=1S/C20H18N2O5/c1-13-6-8-14(9-7-13)12-27-17-5-3-2-4-15(17)10-16-19(25)22(11-18(23)24)20(26)21-16/h2-10H,11-12H2,1H3,(H,21,26)(H,23,24)/b16-10+. The molecule has 0 radical (unpaired) electrons. The van der Waals surface area contributed by atoms with E-state index >= 15 is 0 Å². The third-order valence-corrected chi connectivity index (χ3v) is 3.99. The van der Waals surface area contributed by atoms with Crippen LogP contribution < -0.4 is 10.1 Å². The minimum absolute atomic E-state index is 0.00707. The number of carbonyl (C=O) groups is 3. The maximum Gasteiger partial charge on any atom is 0.329 e. The normalized spacial score (nSPS) is 15.1. The van der Waals surface area contributed by atoms with Crippen LogP contribution in [0.15, 0.2) is 54.2 Å². The van der Waals surface area contributed by atoms with Gasteiger partial charge in [0.2, 0.25) is 0 Å². The first-order chi connectivity index (χ1) is 12.9. The van der Waals surface area contributed by atoms with Gasteiger partial charge in [0.05, 0.1) is 0 Å². The molecule has 7 heteroatoms. The Morgan fingerprint density at radius 2 is 1.85 bits per heavy atom. The van der Waals surface area contributed by atoms with Gasteiger partial charge < -0.3 is 15.2 Å². The van der Waals surface area contributed by atoms with Gasteiger partial charge in [-0.1, -0.05) is 48.0 Å². The zero-order valence-electron chi connectivity index (χ0n) is 14.6. The molecule has 1 aliphatic rings. The Bertz CT molecular complexity index is 918. The van der Waals surface area contributed by atoms with E-state index in [0.29, 0.717) is 22.8 Å². The van der Waals surface area contributed by atoms with E-state index in [1.165, 1.54) is 6.08 Å². The Hall–Kier alpha value is -3.61. The number of carboxylic acid groups (broad SMARTS) is 1. The molecular formula is C20H18N2O5. The highest BCUT2D eigenvalue weighted by molar-refractivity contribution is 6.15. The first kappa shape index (κ1) is 18.2. The summed E-state index contributed by atoms with van der Waals surface area (Å²) in [6, 6.07) is 14.3. The molecule has 1 heterocycles. The van der Waals surface area contributed by atoms with Crippen molar-refractivity contribution in [2.75, 3.05) is 6.54 Å². The fourth-order valence-electron chi connectivity index (χ4n) is 2.58. The minimum Gasteiger partial charge on any atom is -0.488 e. The van der Waals surface area contributed by atoms with E-state index < -0.39 is 24.5 Å². The molecule has 138 valence electrons. The van der Waals surface area contributed by atoms with Crippen molar-refractivity contribution < 1.29 is 24.2 Å². The molecule has 3 amide bonds. The Morgan fingerprint density at radius 1 is 1.15 bits per heavy atom. The minimum atomic E-state index is -1.26. The second-order valence-corrected chi connectivity index (χ2v) is 6.09. The first-order valence-electron chi connectivity index (χ1n) is 8.28. The van der Waals surface area contributed by atoms with E-state index in [2.05, 4.69) is 5.32 Å². The average molecular weight is 366 g/mol. The molecule has 2 aromatic rings. The van der Waals surface area contributed by atoms with Gasteiger partial charge in [0.15, 0.2) is 0 Å². The first-order valence-corrected chi connectivity index (χ1v) is 8.28. The number of benzene rings is 2. The third-order valence-electron chi connectivity index (χ3n) is 3.99. The number of para-hydroxylation sites is 1. The molecule has 1 aliphatic heterocycles. The van der Waals surface area contributed by atoms with Gasteiger partial charge >= 0.3 is 12.0 Å². The molecule has 0 aromatic heterocycles. The number of ether oxygens (including phenoxy) is 1. The van der Waals surface area contributed by atoms with Crippen molar-refractivity contribution in [3.63, 3.8) is 0 Å². The summed E-state index contributed by atoms with van der Waals surface area (Å²) in [6.07, 6.45) is 1.48. The topological polar surface area (TPSA) is 95.9 Å². The molecular weight excluding hydrogens is 348 g/mol. The van der Waals surface area contributed by atoms with Crippen molar-refractivity contribution >= 4 is 24.0 Å². The van der Waals surface area contributed by atoms with Crippen molar-refractivity contribution in [2.45, 2.75) is 13.5 Å². The lowest BCUT2D eigenvalue weighted by molar-refractivity contribution is -0.140. The predicted octanol–water partition coefficient (Wildman–Crippen LogP) is 2.55. The highest BCUT2D eigenvalue weighted by Gasteiger charge is 2.34. The lowest BCUT2D eigenvalue weighted by Crippen LogP contribution is -2.35. The number of nitrogens with one attached hydrogen (secondary N) is 1. The number of aliphatic carboxylic acids is 1. The second kappa shape index (κ2) is 7.74. The summed E-state index contributed by atoms with van der Waals surface area (Å²) < 4.78 is 5.85. The lowest BCUT2D eigenvalue weighted by Gasteiger charge is -2.10. The van der Waals surface area contributed by atoms with E-state index in [9.17, 15) is 14.4 Å². The maximum atomic E-state index is 12.2. The average Bonchev–Trinajstić information content (AvgIpc) is 2.89. The number of nitrogens with zero attached hydrogens (tertiary/aromatic N) is 1. The number of hydrogen-bond donors (Lipinski definition) is 2. The molecule has 3 rings (SSSR count). The summed E-state index contributed by atoms with van der Waals surface area (Å²) in [5.74, 6) is -1.40. The van der Waals surface area contributed by atoms with Crippen molar-refractivity contribution in [3.8, 4) is 5.75 Å². The van der Waals surface area contributed by atoms with E-state index in [4.69, 9.17) is 9.84 Å². The molecule has 0 aliphatic carbocycles. The number of urea groups is 1. The smallest absolute Gasteiger partial charge is 0.329 e. The van der Waals surface area contributed by atoms with E-state index in [-0.39, 0.29) is 5.70 Å². The van der Waals surface area contributed by atoms with Gasteiger partial charge in [-0.25, -0.2) is 9.69 Å². The van der Waals surface area contributed by atoms with Gasteiger partial charge in [0.1, 0.15) is 24.6 Å². The van der Waals surface area contributed by atoms with Crippen LogP contribution in [0.4, 0.5) is 4.79 Å². The number of amides is 3. The number of carbonyl (C=O) groups excluding carboxylic acids is 2. The Kier molecular flexibility index (Phi) is 5.21.